The van der Waals surface area contributed by atoms with Crippen molar-refractivity contribution in [3.8, 4) is 11.8 Å². The standard InChI is InChI=1S/C18H14FN3O2S/c19-15-4-1-2-5-16(15)25-12-17(23)22-13-6-8-14(9-7-13)24-18-20-10-3-11-21-18/h1-11H,12H2,(H,22,23). The number of hydrogen-bond acceptors (Lipinski definition) is 5. The summed E-state index contributed by atoms with van der Waals surface area (Å²) in [5, 5.41) is 2.75. The molecule has 1 amide bonds. The van der Waals surface area contributed by atoms with Crippen LogP contribution in [0.4, 0.5) is 10.1 Å². The Morgan fingerprint density at radius 1 is 1.04 bits per heavy atom. The molecule has 2 aromatic carbocycles. The number of carbonyl (C=O) groups excluding carboxylic acids is 1. The minimum atomic E-state index is -0.329. The Bertz CT molecular complexity index is 844. The van der Waals surface area contributed by atoms with E-state index < -0.39 is 0 Å². The second-order valence-electron chi connectivity index (χ2n) is 4.93. The van der Waals surface area contributed by atoms with Crippen LogP contribution in [0.2, 0.25) is 0 Å². The molecule has 0 fully saturated rings. The van der Waals surface area contributed by atoms with Gasteiger partial charge in [-0.2, -0.15) is 0 Å². The highest BCUT2D eigenvalue weighted by molar-refractivity contribution is 8.00. The fraction of sp³-hybridized carbons (Fsp3) is 0.0556. The van der Waals surface area contributed by atoms with Crippen molar-refractivity contribution >= 4 is 23.4 Å². The number of hydrogen-bond donors (Lipinski definition) is 1. The Morgan fingerprint density at radius 3 is 2.48 bits per heavy atom. The fourth-order valence-electron chi connectivity index (χ4n) is 1.95. The van der Waals surface area contributed by atoms with Crippen LogP contribution < -0.4 is 10.1 Å². The molecule has 0 bridgehead atoms. The fourth-order valence-corrected chi connectivity index (χ4v) is 2.69. The Balaban J connectivity index is 1.52. The maximum atomic E-state index is 13.5. The molecule has 0 aliphatic heterocycles. The Kier molecular flexibility index (Phi) is 5.58. The SMILES string of the molecule is O=C(CSc1ccccc1F)Nc1ccc(Oc2ncccn2)cc1. The van der Waals surface area contributed by atoms with Gasteiger partial charge in [0.25, 0.3) is 0 Å². The molecule has 25 heavy (non-hydrogen) atoms. The first kappa shape index (κ1) is 16.9. The molecule has 0 radical (unpaired) electrons. The van der Waals surface area contributed by atoms with Gasteiger partial charge >= 0.3 is 6.01 Å². The lowest BCUT2D eigenvalue weighted by Gasteiger charge is -2.07. The van der Waals surface area contributed by atoms with E-state index in [0.29, 0.717) is 16.3 Å². The summed E-state index contributed by atoms with van der Waals surface area (Å²) in [6, 6.07) is 15.1. The number of benzene rings is 2. The molecule has 1 heterocycles. The third kappa shape index (κ3) is 5.02. The third-order valence-electron chi connectivity index (χ3n) is 3.08. The molecule has 0 aliphatic rings. The molecule has 0 unspecified atom stereocenters. The number of ether oxygens (including phenoxy) is 1. The van der Waals surface area contributed by atoms with Crippen LogP contribution in [0.15, 0.2) is 71.9 Å². The number of anilines is 1. The van der Waals surface area contributed by atoms with Crippen molar-refractivity contribution in [2.75, 3.05) is 11.1 Å². The molecule has 0 spiro atoms. The molecule has 3 rings (SSSR count). The normalized spacial score (nSPS) is 10.3. The van der Waals surface area contributed by atoms with Gasteiger partial charge < -0.3 is 10.1 Å². The van der Waals surface area contributed by atoms with Crippen LogP contribution in [-0.4, -0.2) is 21.6 Å². The first-order valence-corrected chi connectivity index (χ1v) is 8.41. The molecule has 0 aliphatic carbocycles. The van der Waals surface area contributed by atoms with E-state index in [2.05, 4.69) is 15.3 Å². The predicted octanol–water partition coefficient (Wildman–Crippen LogP) is 4.14. The van der Waals surface area contributed by atoms with Gasteiger partial charge in [0, 0.05) is 23.0 Å². The highest BCUT2D eigenvalue weighted by Gasteiger charge is 2.07. The van der Waals surface area contributed by atoms with Gasteiger partial charge in [-0.3, -0.25) is 4.79 Å². The number of amides is 1. The minimum absolute atomic E-state index is 0.122. The van der Waals surface area contributed by atoms with Gasteiger partial charge in [-0.25, -0.2) is 14.4 Å². The largest absolute Gasteiger partial charge is 0.424 e. The van der Waals surface area contributed by atoms with E-state index in [-0.39, 0.29) is 23.5 Å². The van der Waals surface area contributed by atoms with Crippen molar-refractivity contribution in [3.05, 3.63) is 72.8 Å². The van der Waals surface area contributed by atoms with Crippen molar-refractivity contribution in [2.24, 2.45) is 0 Å². The molecule has 126 valence electrons. The molecule has 0 saturated carbocycles. The average molecular weight is 355 g/mol. The van der Waals surface area contributed by atoms with E-state index in [9.17, 15) is 9.18 Å². The summed E-state index contributed by atoms with van der Waals surface area (Å²) in [6.07, 6.45) is 3.17. The second-order valence-corrected chi connectivity index (χ2v) is 5.94. The van der Waals surface area contributed by atoms with E-state index >= 15 is 0 Å². The number of thioether (sulfide) groups is 1. The molecule has 3 aromatic rings. The summed E-state index contributed by atoms with van der Waals surface area (Å²) in [4.78, 5) is 20.4. The highest BCUT2D eigenvalue weighted by Crippen LogP contribution is 2.22. The monoisotopic (exact) mass is 355 g/mol. The summed E-state index contributed by atoms with van der Waals surface area (Å²) >= 11 is 1.15. The van der Waals surface area contributed by atoms with Crippen molar-refractivity contribution in [1.82, 2.24) is 9.97 Å². The van der Waals surface area contributed by atoms with Crippen molar-refractivity contribution in [2.45, 2.75) is 4.90 Å². The van der Waals surface area contributed by atoms with Crippen molar-refractivity contribution in [1.29, 1.82) is 0 Å². The maximum absolute atomic E-state index is 13.5. The second kappa shape index (κ2) is 8.25. The zero-order valence-corrected chi connectivity index (χ0v) is 13.9. The predicted molar refractivity (Wildman–Crippen MR) is 94.3 cm³/mol. The van der Waals surface area contributed by atoms with Gasteiger partial charge in [0.2, 0.25) is 5.91 Å². The molecule has 0 saturated heterocycles. The Morgan fingerprint density at radius 2 is 1.76 bits per heavy atom. The van der Waals surface area contributed by atoms with Gasteiger partial charge in [0.05, 0.1) is 5.75 Å². The van der Waals surface area contributed by atoms with Gasteiger partial charge in [-0.15, -0.1) is 11.8 Å². The summed E-state index contributed by atoms with van der Waals surface area (Å²) in [6.45, 7) is 0. The van der Waals surface area contributed by atoms with E-state index in [1.165, 1.54) is 6.07 Å². The number of nitrogens with one attached hydrogen (secondary N) is 1. The van der Waals surface area contributed by atoms with Crippen LogP contribution in [0.1, 0.15) is 0 Å². The zero-order valence-electron chi connectivity index (χ0n) is 13.1. The zero-order chi connectivity index (χ0) is 17.5. The van der Waals surface area contributed by atoms with Crippen molar-refractivity contribution in [3.63, 3.8) is 0 Å². The van der Waals surface area contributed by atoms with Crippen LogP contribution in [-0.2, 0) is 4.79 Å². The maximum Gasteiger partial charge on any atom is 0.321 e. The van der Waals surface area contributed by atoms with E-state index in [1.54, 1.807) is 60.9 Å². The number of rotatable bonds is 6. The molecule has 5 nitrogen and oxygen atoms in total. The quantitative estimate of drug-likeness (QED) is 0.673. The summed E-state index contributed by atoms with van der Waals surface area (Å²) in [5.41, 5.74) is 0.625. The number of halogens is 1. The van der Waals surface area contributed by atoms with Gasteiger partial charge in [-0.1, -0.05) is 12.1 Å². The molecule has 7 heteroatoms. The lowest BCUT2D eigenvalue weighted by Crippen LogP contribution is -2.14. The molecular formula is C18H14FN3O2S. The van der Waals surface area contributed by atoms with Gasteiger partial charge in [0.1, 0.15) is 11.6 Å². The van der Waals surface area contributed by atoms with Crippen LogP contribution in [0, 0.1) is 5.82 Å². The number of nitrogens with zero attached hydrogens (tertiary/aromatic N) is 2. The first-order chi connectivity index (χ1) is 12.2. The van der Waals surface area contributed by atoms with E-state index in [1.807, 2.05) is 0 Å². The van der Waals surface area contributed by atoms with Crippen molar-refractivity contribution < 1.29 is 13.9 Å². The summed E-state index contributed by atoms with van der Waals surface area (Å²) in [5.74, 6) is 0.139. The van der Waals surface area contributed by atoms with Crippen LogP contribution in [0.5, 0.6) is 11.8 Å². The van der Waals surface area contributed by atoms with Gasteiger partial charge in [-0.05, 0) is 42.5 Å². The van der Waals surface area contributed by atoms with E-state index in [4.69, 9.17) is 4.74 Å². The van der Waals surface area contributed by atoms with E-state index in [0.717, 1.165) is 11.8 Å². The molecule has 0 atom stereocenters. The molecule has 1 N–H and O–H groups in total. The van der Waals surface area contributed by atoms with Crippen LogP contribution in [0.25, 0.3) is 0 Å². The highest BCUT2D eigenvalue weighted by atomic mass is 32.2. The lowest BCUT2D eigenvalue weighted by atomic mass is 10.3. The Hall–Kier alpha value is -2.93. The summed E-state index contributed by atoms with van der Waals surface area (Å²) < 4.78 is 19.0. The summed E-state index contributed by atoms with van der Waals surface area (Å²) in [7, 11) is 0. The van der Waals surface area contributed by atoms with Crippen LogP contribution in [0.3, 0.4) is 0 Å². The Labute approximate surface area is 148 Å². The molecular weight excluding hydrogens is 341 g/mol. The average Bonchev–Trinajstić information content (AvgIpc) is 2.64. The third-order valence-corrected chi connectivity index (χ3v) is 4.13. The number of carbonyl (C=O) groups is 1. The number of aromatic nitrogens is 2. The van der Waals surface area contributed by atoms with Crippen LogP contribution >= 0.6 is 11.8 Å². The lowest BCUT2D eigenvalue weighted by molar-refractivity contribution is -0.113. The molecule has 1 aromatic heterocycles. The minimum Gasteiger partial charge on any atom is -0.424 e. The first-order valence-electron chi connectivity index (χ1n) is 7.43. The topological polar surface area (TPSA) is 64.1 Å². The smallest absolute Gasteiger partial charge is 0.321 e. The van der Waals surface area contributed by atoms with Gasteiger partial charge in [0.15, 0.2) is 0 Å².